The lowest BCUT2D eigenvalue weighted by Crippen LogP contribution is -2.39. The van der Waals surface area contributed by atoms with Crippen LogP contribution in [0.1, 0.15) is 5.56 Å². The Bertz CT molecular complexity index is 1090. The van der Waals surface area contributed by atoms with Gasteiger partial charge >= 0.3 is 11.9 Å². The number of methoxy groups -OCH3 is 2. The average Bonchev–Trinajstić information content (AvgIpc) is 3.27. The third-order valence-electron chi connectivity index (χ3n) is 4.62. The molecular formula is C24H23N3O5. The summed E-state index contributed by atoms with van der Waals surface area (Å²) in [5.74, 6) is -1.82. The van der Waals surface area contributed by atoms with Crippen molar-refractivity contribution in [3.63, 3.8) is 0 Å². The van der Waals surface area contributed by atoms with Crippen molar-refractivity contribution in [2.45, 2.75) is 0 Å². The number of ether oxygens (including phenoxy) is 2. The molecule has 0 bridgehead atoms. The summed E-state index contributed by atoms with van der Waals surface area (Å²) in [6, 6.07) is 19.2. The molecule has 0 saturated heterocycles. The van der Waals surface area contributed by atoms with Crippen LogP contribution in [0.25, 0.3) is 23.0 Å². The van der Waals surface area contributed by atoms with Crippen molar-refractivity contribution in [1.82, 2.24) is 14.7 Å². The Labute approximate surface area is 185 Å². The molecular weight excluding hydrogens is 410 g/mol. The quantitative estimate of drug-likeness (QED) is 0.401. The van der Waals surface area contributed by atoms with E-state index < -0.39 is 17.8 Å². The Kier molecular flexibility index (Phi) is 7.53. The molecule has 3 rings (SSSR count). The number of aromatic nitrogens is 2. The molecule has 8 heteroatoms. The first kappa shape index (κ1) is 22.5. The fraction of sp³-hybridized carbons (Fsp3) is 0.167. The fourth-order valence-corrected chi connectivity index (χ4v) is 2.96. The molecule has 1 heterocycles. The molecule has 1 aromatic heterocycles. The number of hydrogen-bond donors (Lipinski definition) is 0. The molecule has 0 radical (unpaired) electrons. The highest BCUT2D eigenvalue weighted by molar-refractivity contribution is 5.96. The number of benzene rings is 2. The van der Waals surface area contributed by atoms with Gasteiger partial charge in [0.05, 0.1) is 25.6 Å². The lowest BCUT2D eigenvalue weighted by molar-refractivity contribution is -0.150. The third-order valence-corrected chi connectivity index (χ3v) is 4.62. The van der Waals surface area contributed by atoms with Gasteiger partial charge in [-0.25, -0.2) is 4.68 Å². The second-order valence-corrected chi connectivity index (χ2v) is 6.76. The summed E-state index contributed by atoms with van der Waals surface area (Å²) >= 11 is 0. The van der Waals surface area contributed by atoms with Gasteiger partial charge in [0.2, 0.25) is 5.91 Å². The van der Waals surface area contributed by atoms with Crippen molar-refractivity contribution in [3.8, 4) is 16.9 Å². The van der Waals surface area contributed by atoms with Gasteiger partial charge in [-0.2, -0.15) is 5.10 Å². The first-order chi connectivity index (χ1) is 15.5. The van der Waals surface area contributed by atoms with Crippen molar-refractivity contribution in [3.05, 3.63) is 78.5 Å². The maximum Gasteiger partial charge on any atom is 0.325 e. The van der Waals surface area contributed by atoms with E-state index in [4.69, 9.17) is 0 Å². The van der Waals surface area contributed by atoms with Crippen LogP contribution in [0, 0.1) is 0 Å². The highest BCUT2D eigenvalue weighted by Gasteiger charge is 2.19. The number of nitrogens with zero attached hydrogens (tertiary/aromatic N) is 3. The Balaban J connectivity index is 1.93. The van der Waals surface area contributed by atoms with Crippen LogP contribution < -0.4 is 0 Å². The van der Waals surface area contributed by atoms with Gasteiger partial charge in [0.1, 0.15) is 13.1 Å². The molecule has 0 aliphatic carbocycles. The second kappa shape index (κ2) is 10.7. The van der Waals surface area contributed by atoms with E-state index in [0.29, 0.717) is 11.3 Å². The normalized spacial score (nSPS) is 10.7. The minimum atomic E-state index is -0.641. The summed E-state index contributed by atoms with van der Waals surface area (Å²) in [5, 5.41) is 4.69. The van der Waals surface area contributed by atoms with Crippen LogP contribution in [0.3, 0.4) is 0 Å². The number of carbonyl (C=O) groups excluding carboxylic acids is 3. The number of rotatable bonds is 8. The van der Waals surface area contributed by atoms with Crippen LogP contribution in [-0.2, 0) is 23.9 Å². The summed E-state index contributed by atoms with van der Waals surface area (Å²) in [4.78, 5) is 37.1. The zero-order valence-electron chi connectivity index (χ0n) is 17.8. The van der Waals surface area contributed by atoms with E-state index in [1.54, 1.807) is 10.8 Å². The van der Waals surface area contributed by atoms with Crippen molar-refractivity contribution >= 4 is 23.9 Å². The number of amides is 1. The molecule has 0 saturated carbocycles. The van der Waals surface area contributed by atoms with Gasteiger partial charge in [0, 0.05) is 23.4 Å². The van der Waals surface area contributed by atoms with Crippen LogP contribution in [0.5, 0.6) is 0 Å². The van der Waals surface area contributed by atoms with Gasteiger partial charge in [0.15, 0.2) is 0 Å². The first-order valence-corrected chi connectivity index (χ1v) is 9.83. The minimum Gasteiger partial charge on any atom is -0.468 e. The SMILES string of the molecule is COC(=O)CN(CC(=O)OC)C(=O)/C=C/c1cn(-c2ccccc2)nc1-c1ccccc1. The largest absolute Gasteiger partial charge is 0.468 e. The van der Waals surface area contributed by atoms with E-state index in [-0.39, 0.29) is 13.1 Å². The van der Waals surface area contributed by atoms with Gasteiger partial charge in [-0.3, -0.25) is 14.4 Å². The molecule has 0 aliphatic rings. The number of carbonyl (C=O) groups is 3. The van der Waals surface area contributed by atoms with Crippen LogP contribution in [0.2, 0.25) is 0 Å². The fourth-order valence-electron chi connectivity index (χ4n) is 2.96. The van der Waals surface area contributed by atoms with Crippen LogP contribution >= 0.6 is 0 Å². The second-order valence-electron chi connectivity index (χ2n) is 6.76. The summed E-state index contributed by atoms with van der Waals surface area (Å²) < 4.78 is 11.0. The van der Waals surface area contributed by atoms with E-state index >= 15 is 0 Å². The number of esters is 2. The standard InChI is InChI=1S/C24H23N3O5/c1-31-22(29)16-26(17-23(30)32-2)21(28)14-13-19-15-27(20-11-7-4-8-12-20)25-24(19)18-9-5-3-6-10-18/h3-15H,16-17H2,1-2H3/b14-13+. The van der Waals surface area contributed by atoms with E-state index in [1.807, 2.05) is 66.9 Å². The molecule has 0 unspecified atom stereocenters. The minimum absolute atomic E-state index is 0.371. The van der Waals surface area contributed by atoms with Gasteiger partial charge in [0.25, 0.3) is 0 Å². The summed E-state index contributed by atoms with van der Waals surface area (Å²) in [6.45, 7) is -0.743. The zero-order chi connectivity index (χ0) is 22.9. The Morgan fingerprint density at radius 1 is 0.906 bits per heavy atom. The zero-order valence-corrected chi connectivity index (χ0v) is 17.8. The van der Waals surface area contributed by atoms with E-state index in [2.05, 4.69) is 14.6 Å². The molecule has 0 aliphatic heterocycles. The highest BCUT2D eigenvalue weighted by atomic mass is 16.5. The smallest absolute Gasteiger partial charge is 0.325 e. The van der Waals surface area contributed by atoms with E-state index in [9.17, 15) is 14.4 Å². The maximum absolute atomic E-state index is 12.7. The third kappa shape index (κ3) is 5.69. The van der Waals surface area contributed by atoms with Crippen LogP contribution in [0.15, 0.2) is 72.9 Å². The Morgan fingerprint density at radius 3 is 2.03 bits per heavy atom. The first-order valence-electron chi connectivity index (χ1n) is 9.83. The van der Waals surface area contributed by atoms with Gasteiger partial charge in [-0.1, -0.05) is 48.5 Å². The lowest BCUT2D eigenvalue weighted by Gasteiger charge is -2.18. The van der Waals surface area contributed by atoms with Gasteiger partial charge < -0.3 is 14.4 Å². The lowest BCUT2D eigenvalue weighted by atomic mass is 10.1. The molecule has 164 valence electrons. The van der Waals surface area contributed by atoms with Crippen LogP contribution in [0.4, 0.5) is 0 Å². The molecule has 0 spiro atoms. The Hall–Kier alpha value is -4.20. The molecule has 2 aromatic carbocycles. The van der Waals surface area contributed by atoms with Gasteiger partial charge in [-0.15, -0.1) is 0 Å². The molecule has 32 heavy (non-hydrogen) atoms. The van der Waals surface area contributed by atoms with E-state index in [0.717, 1.165) is 16.2 Å². The number of hydrogen-bond acceptors (Lipinski definition) is 6. The molecule has 3 aromatic rings. The van der Waals surface area contributed by atoms with Crippen LogP contribution in [-0.4, -0.2) is 59.8 Å². The topological polar surface area (TPSA) is 90.7 Å². The van der Waals surface area contributed by atoms with E-state index in [1.165, 1.54) is 20.3 Å². The summed E-state index contributed by atoms with van der Waals surface area (Å²) in [5.41, 5.74) is 3.14. The molecule has 1 amide bonds. The molecule has 0 atom stereocenters. The van der Waals surface area contributed by atoms with Gasteiger partial charge in [-0.05, 0) is 18.2 Å². The molecule has 0 fully saturated rings. The number of para-hydroxylation sites is 1. The van der Waals surface area contributed by atoms with Crippen molar-refractivity contribution in [2.24, 2.45) is 0 Å². The molecule has 0 N–H and O–H groups in total. The highest BCUT2D eigenvalue weighted by Crippen LogP contribution is 2.24. The average molecular weight is 433 g/mol. The van der Waals surface area contributed by atoms with Crippen molar-refractivity contribution in [2.75, 3.05) is 27.3 Å². The predicted octanol–water partition coefficient (Wildman–Crippen LogP) is 2.73. The summed E-state index contributed by atoms with van der Waals surface area (Å²) in [6.07, 6.45) is 4.72. The van der Waals surface area contributed by atoms with Crippen molar-refractivity contribution in [1.29, 1.82) is 0 Å². The molecule has 8 nitrogen and oxygen atoms in total. The predicted molar refractivity (Wildman–Crippen MR) is 119 cm³/mol. The van der Waals surface area contributed by atoms with Crippen molar-refractivity contribution < 1.29 is 23.9 Å². The Morgan fingerprint density at radius 2 is 1.47 bits per heavy atom. The maximum atomic E-state index is 12.7. The summed E-state index contributed by atoms with van der Waals surface area (Å²) in [7, 11) is 2.42. The monoisotopic (exact) mass is 433 g/mol.